The monoisotopic (exact) mass is 353 g/mol. The molecule has 3 heterocycles. The van der Waals surface area contributed by atoms with Crippen molar-refractivity contribution in [2.24, 2.45) is 0 Å². The molecule has 2 aromatic rings. The number of aromatic nitrogens is 2. The number of hydrogen-bond donors (Lipinski definition) is 1. The molecule has 1 aliphatic rings. The van der Waals surface area contributed by atoms with Crippen LogP contribution in [0.1, 0.15) is 30.4 Å². The predicted molar refractivity (Wildman–Crippen MR) is 101 cm³/mol. The molecule has 6 heteroatoms. The first kappa shape index (κ1) is 18.3. The SMILES string of the molecule is CN1CCCC1CCNC(=O)N(Cc1cccnc1)Cc1cccnc1. The van der Waals surface area contributed by atoms with E-state index in [9.17, 15) is 4.79 Å². The standard InChI is InChI=1S/C20H27N5O/c1-24-12-4-7-19(24)8-11-23-20(26)25(15-17-5-2-9-21-13-17)16-18-6-3-10-22-14-18/h2-3,5-6,9-10,13-14,19H,4,7-8,11-12,15-16H2,1H3,(H,23,26). The van der Waals surface area contributed by atoms with Crippen molar-refractivity contribution in [1.29, 1.82) is 0 Å². The Hall–Kier alpha value is -2.47. The number of rotatable bonds is 7. The minimum absolute atomic E-state index is 0.0432. The first-order chi connectivity index (χ1) is 12.7. The Balaban J connectivity index is 1.58. The second-order valence-electron chi connectivity index (χ2n) is 6.88. The number of likely N-dealkylation sites (tertiary alicyclic amines) is 1. The average Bonchev–Trinajstić information content (AvgIpc) is 3.08. The number of nitrogens with one attached hydrogen (secondary N) is 1. The fourth-order valence-corrected chi connectivity index (χ4v) is 3.43. The first-order valence-corrected chi connectivity index (χ1v) is 9.23. The Morgan fingerprint density at radius 3 is 2.35 bits per heavy atom. The molecule has 26 heavy (non-hydrogen) atoms. The van der Waals surface area contributed by atoms with E-state index < -0.39 is 0 Å². The second kappa shape index (κ2) is 9.29. The molecule has 0 aliphatic carbocycles. The highest BCUT2D eigenvalue weighted by molar-refractivity contribution is 5.74. The maximum atomic E-state index is 12.8. The average molecular weight is 353 g/mol. The lowest BCUT2D eigenvalue weighted by molar-refractivity contribution is 0.190. The Labute approximate surface area is 155 Å². The highest BCUT2D eigenvalue weighted by Crippen LogP contribution is 2.17. The summed E-state index contributed by atoms with van der Waals surface area (Å²) in [6.07, 6.45) is 10.6. The van der Waals surface area contributed by atoms with Crippen LogP contribution in [0.25, 0.3) is 0 Å². The molecular weight excluding hydrogens is 326 g/mol. The van der Waals surface area contributed by atoms with E-state index in [1.54, 1.807) is 24.8 Å². The number of pyridine rings is 2. The van der Waals surface area contributed by atoms with Gasteiger partial charge in [-0.05, 0) is 56.1 Å². The van der Waals surface area contributed by atoms with Crippen LogP contribution in [-0.2, 0) is 13.1 Å². The summed E-state index contributed by atoms with van der Waals surface area (Å²) in [5.41, 5.74) is 2.03. The summed E-state index contributed by atoms with van der Waals surface area (Å²) in [5.74, 6) is 0. The van der Waals surface area contributed by atoms with Crippen molar-refractivity contribution in [2.45, 2.75) is 38.4 Å². The molecular formula is C20H27N5O. The number of hydrogen-bond acceptors (Lipinski definition) is 4. The van der Waals surface area contributed by atoms with Crippen molar-refractivity contribution >= 4 is 6.03 Å². The largest absolute Gasteiger partial charge is 0.338 e. The number of urea groups is 1. The lowest BCUT2D eigenvalue weighted by Gasteiger charge is -2.24. The van der Waals surface area contributed by atoms with Gasteiger partial charge < -0.3 is 15.1 Å². The molecule has 1 unspecified atom stereocenters. The van der Waals surface area contributed by atoms with Crippen LogP contribution in [0.15, 0.2) is 49.1 Å². The van der Waals surface area contributed by atoms with Crippen LogP contribution in [0.5, 0.6) is 0 Å². The molecule has 6 nitrogen and oxygen atoms in total. The Morgan fingerprint density at radius 1 is 1.19 bits per heavy atom. The molecule has 2 aromatic heterocycles. The van der Waals surface area contributed by atoms with Gasteiger partial charge in [-0.1, -0.05) is 12.1 Å². The van der Waals surface area contributed by atoms with Gasteiger partial charge in [0, 0.05) is 50.5 Å². The molecule has 3 rings (SSSR count). The molecule has 1 atom stereocenters. The van der Waals surface area contributed by atoms with Crippen molar-refractivity contribution < 1.29 is 4.79 Å². The molecule has 0 bridgehead atoms. The minimum Gasteiger partial charge on any atom is -0.338 e. The topological polar surface area (TPSA) is 61.4 Å². The molecule has 1 fully saturated rings. The summed E-state index contributed by atoms with van der Waals surface area (Å²) in [5, 5.41) is 3.09. The van der Waals surface area contributed by atoms with Gasteiger partial charge in [-0.25, -0.2) is 4.79 Å². The van der Waals surface area contributed by atoms with Gasteiger partial charge in [-0.3, -0.25) is 9.97 Å². The van der Waals surface area contributed by atoms with Crippen LogP contribution in [0.4, 0.5) is 4.79 Å². The summed E-state index contributed by atoms with van der Waals surface area (Å²) in [6.45, 7) is 2.91. The van der Waals surface area contributed by atoms with E-state index in [0.29, 0.717) is 25.7 Å². The van der Waals surface area contributed by atoms with E-state index in [2.05, 4.69) is 27.2 Å². The van der Waals surface area contributed by atoms with Gasteiger partial charge in [0.1, 0.15) is 0 Å². The minimum atomic E-state index is -0.0432. The van der Waals surface area contributed by atoms with Gasteiger partial charge in [-0.15, -0.1) is 0 Å². The third kappa shape index (κ3) is 5.26. The maximum Gasteiger partial charge on any atom is 0.318 e. The molecule has 0 radical (unpaired) electrons. The van der Waals surface area contributed by atoms with Gasteiger partial charge in [0.15, 0.2) is 0 Å². The summed E-state index contributed by atoms with van der Waals surface area (Å²) in [7, 11) is 2.16. The normalized spacial score (nSPS) is 17.2. The van der Waals surface area contributed by atoms with E-state index >= 15 is 0 Å². The van der Waals surface area contributed by atoms with Crippen molar-refractivity contribution in [3.05, 3.63) is 60.2 Å². The quantitative estimate of drug-likeness (QED) is 0.831. The summed E-state index contributed by atoms with van der Waals surface area (Å²) >= 11 is 0. The third-order valence-corrected chi connectivity index (χ3v) is 4.90. The summed E-state index contributed by atoms with van der Waals surface area (Å²) in [6, 6.07) is 8.31. The number of nitrogens with zero attached hydrogens (tertiary/aromatic N) is 4. The Bertz CT molecular complexity index is 638. The van der Waals surface area contributed by atoms with E-state index in [0.717, 1.165) is 24.1 Å². The molecule has 1 saturated heterocycles. The maximum absolute atomic E-state index is 12.8. The zero-order valence-corrected chi connectivity index (χ0v) is 15.3. The summed E-state index contributed by atoms with van der Waals surface area (Å²) < 4.78 is 0. The Morgan fingerprint density at radius 2 is 1.85 bits per heavy atom. The highest BCUT2D eigenvalue weighted by atomic mass is 16.2. The van der Waals surface area contributed by atoms with Crippen molar-refractivity contribution in [3.63, 3.8) is 0 Å². The van der Waals surface area contributed by atoms with Crippen LogP contribution in [0, 0.1) is 0 Å². The van der Waals surface area contributed by atoms with Crippen LogP contribution in [0.2, 0.25) is 0 Å². The lowest BCUT2D eigenvalue weighted by Crippen LogP contribution is -2.41. The van der Waals surface area contributed by atoms with E-state index in [1.807, 2.05) is 29.2 Å². The van der Waals surface area contributed by atoms with Gasteiger partial charge in [0.2, 0.25) is 0 Å². The molecule has 0 saturated carbocycles. The van der Waals surface area contributed by atoms with Crippen molar-refractivity contribution in [3.8, 4) is 0 Å². The van der Waals surface area contributed by atoms with Gasteiger partial charge in [-0.2, -0.15) is 0 Å². The van der Waals surface area contributed by atoms with Crippen molar-refractivity contribution in [1.82, 2.24) is 25.1 Å². The second-order valence-corrected chi connectivity index (χ2v) is 6.88. The lowest BCUT2D eigenvalue weighted by atomic mass is 10.1. The highest BCUT2D eigenvalue weighted by Gasteiger charge is 2.21. The third-order valence-electron chi connectivity index (χ3n) is 4.90. The van der Waals surface area contributed by atoms with Crippen LogP contribution in [0.3, 0.4) is 0 Å². The molecule has 1 N–H and O–H groups in total. The molecule has 1 aliphatic heterocycles. The summed E-state index contributed by atoms with van der Waals surface area (Å²) in [4.78, 5) is 25.3. The first-order valence-electron chi connectivity index (χ1n) is 9.23. The van der Waals surface area contributed by atoms with E-state index in [4.69, 9.17) is 0 Å². The number of amides is 2. The van der Waals surface area contributed by atoms with Crippen LogP contribution in [-0.4, -0.2) is 52.0 Å². The number of carbonyl (C=O) groups is 1. The zero-order valence-electron chi connectivity index (χ0n) is 15.3. The van der Waals surface area contributed by atoms with Crippen molar-refractivity contribution in [2.75, 3.05) is 20.1 Å². The molecule has 2 amide bonds. The fourth-order valence-electron chi connectivity index (χ4n) is 3.43. The zero-order chi connectivity index (χ0) is 18.2. The Kier molecular flexibility index (Phi) is 6.55. The fraction of sp³-hybridized carbons (Fsp3) is 0.450. The van der Waals surface area contributed by atoms with Crippen LogP contribution >= 0.6 is 0 Å². The number of carbonyl (C=O) groups excluding carboxylic acids is 1. The van der Waals surface area contributed by atoms with Gasteiger partial charge in [0.05, 0.1) is 0 Å². The molecule has 0 aromatic carbocycles. The van der Waals surface area contributed by atoms with Gasteiger partial charge in [0.25, 0.3) is 0 Å². The van der Waals surface area contributed by atoms with E-state index in [1.165, 1.54) is 12.8 Å². The van der Waals surface area contributed by atoms with Gasteiger partial charge >= 0.3 is 6.03 Å². The van der Waals surface area contributed by atoms with E-state index in [-0.39, 0.29) is 6.03 Å². The molecule has 138 valence electrons. The van der Waals surface area contributed by atoms with Crippen LogP contribution < -0.4 is 5.32 Å². The molecule has 0 spiro atoms. The smallest absolute Gasteiger partial charge is 0.318 e. The predicted octanol–water partition coefficient (Wildman–Crippen LogP) is 2.67.